The van der Waals surface area contributed by atoms with Crippen LogP contribution >= 0.6 is 23.2 Å². The summed E-state index contributed by atoms with van der Waals surface area (Å²) in [4.78, 5) is 2.52. The maximum atomic E-state index is 6.29. The molecule has 2 nitrogen and oxygen atoms in total. The predicted octanol–water partition coefficient (Wildman–Crippen LogP) is 4.50. The maximum Gasteiger partial charge on any atom is 0.0640 e. The van der Waals surface area contributed by atoms with Gasteiger partial charge in [-0.15, -0.1) is 0 Å². The molecule has 0 aromatic heterocycles. The van der Waals surface area contributed by atoms with E-state index in [-0.39, 0.29) is 6.04 Å². The van der Waals surface area contributed by atoms with E-state index in [1.165, 1.54) is 19.4 Å². The number of nitrogens with zero attached hydrogens (tertiary/aromatic N) is 1. The van der Waals surface area contributed by atoms with Crippen molar-refractivity contribution in [2.75, 3.05) is 13.1 Å². The lowest BCUT2D eigenvalue weighted by Crippen LogP contribution is -2.35. The Balaban J connectivity index is 1.92. The van der Waals surface area contributed by atoms with Crippen LogP contribution in [0.2, 0.25) is 10.0 Å². The van der Waals surface area contributed by atoms with Crippen LogP contribution in [0.25, 0.3) is 0 Å². The molecule has 1 aromatic carbocycles. The molecule has 20 heavy (non-hydrogen) atoms. The third-order valence-corrected chi connectivity index (χ3v) is 4.86. The van der Waals surface area contributed by atoms with E-state index < -0.39 is 0 Å². The monoisotopic (exact) mass is 314 g/mol. The molecule has 1 aliphatic carbocycles. The SMILES string of the molecule is CC(C)N(CCC(N)c1cccc(Cl)c1Cl)CC1CC1. The summed E-state index contributed by atoms with van der Waals surface area (Å²) in [7, 11) is 0. The first-order valence-electron chi connectivity index (χ1n) is 7.42. The Morgan fingerprint density at radius 1 is 1.30 bits per heavy atom. The summed E-state index contributed by atoms with van der Waals surface area (Å²) < 4.78 is 0. The quantitative estimate of drug-likeness (QED) is 0.802. The van der Waals surface area contributed by atoms with Crippen molar-refractivity contribution in [3.63, 3.8) is 0 Å². The van der Waals surface area contributed by atoms with Crippen LogP contribution in [0.5, 0.6) is 0 Å². The molecule has 0 bridgehead atoms. The van der Waals surface area contributed by atoms with Crippen LogP contribution in [0, 0.1) is 5.92 Å². The van der Waals surface area contributed by atoms with Crippen LogP contribution in [0.3, 0.4) is 0 Å². The molecule has 2 rings (SSSR count). The standard InChI is InChI=1S/C16H24Cl2N2/c1-11(2)20(10-12-6-7-12)9-8-15(19)13-4-3-5-14(17)16(13)18/h3-5,11-12,15H,6-10,19H2,1-2H3. The van der Waals surface area contributed by atoms with E-state index in [0.717, 1.165) is 24.4 Å². The van der Waals surface area contributed by atoms with Gasteiger partial charge in [0.25, 0.3) is 0 Å². The van der Waals surface area contributed by atoms with Gasteiger partial charge in [-0.3, -0.25) is 0 Å². The molecule has 0 radical (unpaired) electrons. The lowest BCUT2D eigenvalue weighted by atomic mass is 10.0. The second kappa shape index (κ2) is 7.13. The average Bonchev–Trinajstić information content (AvgIpc) is 3.21. The van der Waals surface area contributed by atoms with Crippen molar-refractivity contribution in [2.45, 2.75) is 45.2 Å². The van der Waals surface area contributed by atoms with Crippen LogP contribution in [0.15, 0.2) is 18.2 Å². The van der Waals surface area contributed by atoms with Gasteiger partial charge in [-0.05, 0) is 50.7 Å². The van der Waals surface area contributed by atoms with Gasteiger partial charge in [0, 0.05) is 25.2 Å². The van der Waals surface area contributed by atoms with E-state index in [1.54, 1.807) is 6.07 Å². The van der Waals surface area contributed by atoms with E-state index in [1.807, 2.05) is 12.1 Å². The van der Waals surface area contributed by atoms with E-state index >= 15 is 0 Å². The van der Waals surface area contributed by atoms with Crippen molar-refractivity contribution in [1.82, 2.24) is 4.90 Å². The van der Waals surface area contributed by atoms with E-state index in [2.05, 4.69) is 18.7 Å². The van der Waals surface area contributed by atoms with Crippen molar-refractivity contribution in [1.29, 1.82) is 0 Å². The second-order valence-corrected chi connectivity index (χ2v) is 6.86. The van der Waals surface area contributed by atoms with E-state index in [4.69, 9.17) is 28.9 Å². The van der Waals surface area contributed by atoms with Gasteiger partial charge in [-0.25, -0.2) is 0 Å². The zero-order valence-electron chi connectivity index (χ0n) is 12.3. The van der Waals surface area contributed by atoms with Gasteiger partial charge in [0.05, 0.1) is 10.0 Å². The maximum absolute atomic E-state index is 6.29. The zero-order chi connectivity index (χ0) is 14.7. The number of halogens is 2. The summed E-state index contributed by atoms with van der Waals surface area (Å²) in [5, 5.41) is 1.18. The van der Waals surface area contributed by atoms with Gasteiger partial charge in [-0.2, -0.15) is 0 Å². The fourth-order valence-electron chi connectivity index (χ4n) is 2.46. The summed E-state index contributed by atoms with van der Waals surface area (Å²) in [6.45, 7) is 6.71. The molecule has 0 heterocycles. The van der Waals surface area contributed by atoms with Crippen molar-refractivity contribution < 1.29 is 0 Å². The molecule has 2 N–H and O–H groups in total. The number of benzene rings is 1. The zero-order valence-corrected chi connectivity index (χ0v) is 13.8. The molecule has 1 saturated carbocycles. The van der Waals surface area contributed by atoms with Gasteiger partial charge in [0.1, 0.15) is 0 Å². The Labute approximate surface area is 132 Å². The van der Waals surface area contributed by atoms with Gasteiger partial charge in [0.2, 0.25) is 0 Å². The number of hydrogen-bond acceptors (Lipinski definition) is 2. The Morgan fingerprint density at radius 2 is 2.00 bits per heavy atom. The van der Waals surface area contributed by atoms with Gasteiger partial charge >= 0.3 is 0 Å². The Kier molecular flexibility index (Phi) is 5.74. The van der Waals surface area contributed by atoms with Gasteiger partial charge in [0.15, 0.2) is 0 Å². The van der Waals surface area contributed by atoms with Gasteiger partial charge in [-0.1, -0.05) is 35.3 Å². The molecule has 0 spiro atoms. The minimum absolute atomic E-state index is 0.0540. The summed E-state index contributed by atoms with van der Waals surface area (Å²) >= 11 is 12.3. The Morgan fingerprint density at radius 3 is 2.60 bits per heavy atom. The fraction of sp³-hybridized carbons (Fsp3) is 0.625. The molecule has 4 heteroatoms. The molecule has 0 amide bonds. The van der Waals surface area contributed by atoms with Crippen LogP contribution < -0.4 is 5.73 Å². The molecule has 1 aliphatic rings. The summed E-state index contributed by atoms with van der Waals surface area (Å²) in [6, 6.07) is 6.19. The van der Waals surface area contributed by atoms with E-state index in [0.29, 0.717) is 16.1 Å². The first kappa shape index (κ1) is 16.1. The largest absolute Gasteiger partial charge is 0.324 e. The number of rotatable bonds is 7. The fourth-order valence-corrected chi connectivity index (χ4v) is 2.91. The predicted molar refractivity (Wildman–Crippen MR) is 87.4 cm³/mol. The van der Waals surface area contributed by atoms with Crippen LogP contribution in [-0.2, 0) is 0 Å². The third kappa shape index (κ3) is 4.36. The highest BCUT2D eigenvalue weighted by atomic mass is 35.5. The average molecular weight is 315 g/mol. The highest BCUT2D eigenvalue weighted by Gasteiger charge is 2.25. The lowest BCUT2D eigenvalue weighted by molar-refractivity contribution is 0.205. The van der Waals surface area contributed by atoms with Gasteiger partial charge < -0.3 is 10.6 Å². The summed E-state index contributed by atoms with van der Waals surface area (Å²) in [5.74, 6) is 0.906. The molecular weight excluding hydrogens is 291 g/mol. The van der Waals surface area contributed by atoms with Crippen molar-refractivity contribution >= 4 is 23.2 Å². The first-order valence-corrected chi connectivity index (χ1v) is 8.18. The first-order chi connectivity index (χ1) is 9.49. The minimum atomic E-state index is -0.0540. The summed E-state index contributed by atoms with van der Waals surface area (Å²) in [6.07, 6.45) is 3.68. The molecule has 0 saturated heterocycles. The Bertz CT molecular complexity index is 444. The molecule has 1 atom stereocenters. The number of hydrogen-bond donors (Lipinski definition) is 1. The molecular formula is C16H24Cl2N2. The Hall–Kier alpha value is -0.280. The lowest BCUT2D eigenvalue weighted by Gasteiger charge is -2.28. The van der Waals surface area contributed by atoms with Crippen LogP contribution in [0.1, 0.15) is 44.7 Å². The topological polar surface area (TPSA) is 29.3 Å². The highest BCUT2D eigenvalue weighted by molar-refractivity contribution is 6.42. The second-order valence-electron chi connectivity index (χ2n) is 6.07. The minimum Gasteiger partial charge on any atom is -0.324 e. The van der Waals surface area contributed by atoms with Crippen LogP contribution in [-0.4, -0.2) is 24.0 Å². The number of nitrogens with two attached hydrogens (primary N) is 1. The molecule has 1 aromatic rings. The smallest absolute Gasteiger partial charge is 0.0640 e. The third-order valence-electron chi connectivity index (χ3n) is 4.03. The van der Waals surface area contributed by atoms with Crippen LogP contribution in [0.4, 0.5) is 0 Å². The van der Waals surface area contributed by atoms with Crippen molar-refractivity contribution in [3.8, 4) is 0 Å². The molecule has 0 aliphatic heterocycles. The molecule has 112 valence electrons. The normalized spacial score (nSPS) is 16.9. The van der Waals surface area contributed by atoms with E-state index in [9.17, 15) is 0 Å². The molecule has 1 unspecified atom stereocenters. The molecule has 1 fully saturated rings. The summed E-state index contributed by atoms with van der Waals surface area (Å²) in [5.41, 5.74) is 7.24. The van der Waals surface area contributed by atoms with Crippen molar-refractivity contribution in [2.24, 2.45) is 11.7 Å². The highest BCUT2D eigenvalue weighted by Crippen LogP contribution is 2.32. The van der Waals surface area contributed by atoms with Crippen molar-refractivity contribution in [3.05, 3.63) is 33.8 Å².